The van der Waals surface area contributed by atoms with Gasteiger partial charge in [0.15, 0.2) is 0 Å². The third-order valence-corrected chi connectivity index (χ3v) is 1.43. The van der Waals surface area contributed by atoms with E-state index in [1.54, 1.807) is 0 Å². The largest absolute Gasteiger partial charge is 1.00 e. The first-order chi connectivity index (χ1) is 3.80. The van der Waals surface area contributed by atoms with E-state index in [1.165, 1.54) is 11.1 Å². The molecule has 0 unspecified atom stereocenters. The van der Waals surface area contributed by atoms with Crippen molar-refractivity contribution in [3.63, 3.8) is 0 Å². The Kier molecular flexibility index (Phi) is 4.20. The molecule has 0 aliphatic rings. The Morgan fingerprint density at radius 2 is 1.33 bits per heavy atom. The molecule has 0 fully saturated rings. The maximum absolute atomic E-state index is 2.12. The number of aryl methyl sites for hydroxylation is 2. The maximum Gasteiger partial charge on any atom is 1.00 e. The van der Waals surface area contributed by atoms with Gasteiger partial charge in [-0.05, 0) is 25.0 Å². The Morgan fingerprint density at radius 1 is 1.00 bits per heavy atom. The molecule has 0 aliphatic carbocycles. The van der Waals surface area contributed by atoms with Crippen LogP contribution in [-0.4, -0.2) is 0 Å². The zero-order chi connectivity index (χ0) is 5.98. The Balaban J connectivity index is 0. The fourth-order valence-electron chi connectivity index (χ4n) is 0.663. The quantitative estimate of drug-likeness (QED) is 0.412. The minimum absolute atomic E-state index is 0. The molecular formula is C8H11Na. The second kappa shape index (κ2) is 4.10. The van der Waals surface area contributed by atoms with Gasteiger partial charge in [-0.25, -0.2) is 0 Å². The van der Waals surface area contributed by atoms with Crippen LogP contribution in [0.5, 0.6) is 0 Å². The maximum atomic E-state index is 2.12. The van der Waals surface area contributed by atoms with E-state index >= 15 is 0 Å². The van der Waals surface area contributed by atoms with E-state index in [2.05, 4.69) is 38.1 Å². The summed E-state index contributed by atoms with van der Waals surface area (Å²) >= 11 is 0. The summed E-state index contributed by atoms with van der Waals surface area (Å²) in [6.45, 7) is 4.24. The van der Waals surface area contributed by atoms with Crippen molar-refractivity contribution in [2.45, 2.75) is 13.8 Å². The molecule has 0 heterocycles. The van der Waals surface area contributed by atoms with Crippen LogP contribution in [0.3, 0.4) is 0 Å². The number of benzene rings is 1. The molecule has 0 aliphatic heterocycles. The Hall–Kier alpha value is 0.220. The summed E-state index contributed by atoms with van der Waals surface area (Å²) in [5, 5.41) is 0. The fraction of sp³-hybridized carbons (Fsp3) is 0.250. The SMILES string of the molecule is Cc1ccccc1C.[H-].[Na+]. The first-order valence-corrected chi connectivity index (χ1v) is 2.83. The predicted octanol–water partition coefficient (Wildman–Crippen LogP) is -0.580. The fourth-order valence-corrected chi connectivity index (χ4v) is 0.663. The van der Waals surface area contributed by atoms with Crippen LogP contribution in [-0.2, 0) is 0 Å². The van der Waals surface area contributed by atoms with E-state index < -0.39 is 0 Å². The van der Waals surface area contributed by atoms with Gasteiger partial charge in [-0.15, -0.1) is 0 Å². The van der Waals surface area contributed by atoms with Crippen LogP contribution in [0.2, 0.25) is 0 Å². The number of rotatable bonds is 0. The molecule has 0 bridgehead atoms. The molecule has 1 heteroatoms. The normalized spacial score (nSPS) is 8.22. The van der Waals surface area contributed by atoms with Gasteiger partial charge in [-0.3, -0.25) is 0 Å². The third-order valence-electron chi connectivity index (χ3n) is 1.43. The topological polar surface area (TPSA) is 0 Å². The van der Waals surface area contributed by atoms with Crippen molar-refractivity contribution in [3.8, 4) is 0 Å². The van der Waals surface area contributed by atoms with Gasteiger partial charge in [0, 0.05) is 0 Å². The second-order valence-corrected chi connectivity index (χ2v) is 2.08. The van der Waals surface area contributed by atoms with Crippen molar-refractivity contribution in [2.75, 3.05) is 0 Å². The molecule has 1 aromatic rings. The monoisotopic (exact) mass is 130 g/mol. The van der Waals surface area contributed by atoms with E-state index in [4.69, 9.17) is 0 Å². The zero-order valence-corrected chi connectivity index (χ0v) is 8.31. The van der Waals surface area contributed by atoms with Gasteiger partial charge in [0.25, 0.3) is 0 Å². The minimum atomic E-state index is 0. The summed E-state index contributed by atoms with van der Waals surface area (Å²) in [4.78, 5) is 0. The van der Waals surface area contributed by atoms with E-state index in [0.717, 1.165) is 0 Å². The molecule has 0 saturated carbocycles. The molecule has 1 aromatic carbocycles. The van der Waals surface area contributed by atoms with Gasteiger partial charge in [-0.1, -0.05) is 24.3 Å². The van der Waals surface area contributed by atoms with Gasteiger partial charge in [0.2, 0.25) is 0 Å². The summed E-state index contributed by atoms with van der Waals surface area (Å²) < 4.78 is 0. The molecule has 0 atom stereocenters. The van der Waals surface area contributed by atoms with Crippen LogP contribution in [0.1, 0.15) is 12.6 Å². The van der Waals surface area contributed by atoms with Crippen LogP contribution in [0, 0.1) is 13.8 Å². The second-order valence-electron chi connectivity index (χ2n) is 2.08. The van der Waals surface area contributed by atoms with Crippen molar-refractivity contribution in [3.05, 3.63) is 35.4 Å². The summed E-state index contributed by atoms with van der Waals surface area (Å²) in [7, 11) is 0. The molecule has 1 rings (SSSR count). The van der Waals surface area contributed by atoms with Crippen LogP contribution in [0.15, 0.2) is 24.3 Å². The molecule has 0 radical (unpaired) electrons. The molecule has 0 spiro atoms. The van der Waals surface area contributed by atoms with Gasteiger partial charge in [0.05, 0.1) is 0 Å². The molecule has 44 valence electrons. The van der Waals surface area contributed by atoms with Crippen molar-refractivity contribution < 1.29 is 31.0 Å². The smallest absolute Gasteiger partial charge is 1.00 e. The molecule has 0 amide bonds. The molecule has 0 N–H and O–H groups in total. The van der Waals surface area contributed by atoms with Crippen molar-refractivity contribution in [1.82, 2.24) is 0 Å². The average Bonchev–Trinajstić information content (AvgIpc) is 1.77. The minimum Gasteiger partial charge on any atom is -1.00 e. The Morgan fingerprint density at radius 3 is 1.56 bits per heavy atom. The van der Waals surface area contributed by atoms with E-state index in [0.29, 0.717) is 0 Å². The molecular weight excluding hydrogens is 119 g/mol. The molecule has 0 nitrogen and oxygen atoms in total. The molecule has 0 aromatic heterocycles. The summed E-state index contributed by atoms with van der Waals surface area (Å²) in [6, 6.07) is 8.36. The zero-order valence-electron chi connectivity index (χ0n) is 7.31. The standard InChI is InChI=1S/C8H10.Na.H/c1-7-5-3-4-6-8(7)2;;/h3-6H,1-2H3;;/q;+1;-1. The molecule has 0 saturated heterocycles. The van der Waals surface area contributed by atoms with Gasteiger partial charge in [0.1, 0.15) is 0 Å². The van der Waals surface area contributed by atoms with Gasteiger partial charge >= 0.3 is 29.6 Å². The van der Waals surface area contributed by atoms with Crippen molar-refractivity contribution >= 4 is 0 Å². The van der Waals surface area contributed by atoms with Crippen LogP contribution >= 0.6 is 0 Å². The van der Waals surface area contributed by atoms with Crippen LogP contribution in [0.4, 0.5) is 0 Å². The summed E-state index contributed by atoms with van der Waals surface area (Å²) in [6.07, 6.45) is 0. The average molecular weight is 130 g/mol. The Labute approximate surface area is 80.1 Å². The first kappa shape index (κ1) is 9.22. The first-order valence-electron chi connectivity index (χ1n) is 2.83. The number of hydrogen-bond acceptors (Lipinski definition) is 0. The summed E-state index contributed by atoms with van der Waals surface area (Å²) in [5.74, 6) is 0. The van der Waals surface area contributed by atoms with E-state index in [1.807, 2.05) is 0 Å². The van der Waals surface area contributed by atoms with Crippen LogP contribution in [0.25, 0.3) is 0 Å². The van der Waals surface area contributed by atoms with Crippen LogP contribution < -0.4 is 29.6 Å². The van der Waals surface area contributed by atoms with E-state index in [-0.39, 0.29) is 31.0 Å². The molecule has 9 heavy (non-hydrogen) atoms. The van der Waals surface area contributed by atoms with Gasteiger partial charge < -0.3 is 1.43 Å². The summed E-state index contributed by atoms with van der Waals surface area (Å²) in [5.41, 5.74) is 2.74. The third kappa shape index (κ3) is 2.53. The van der Waals surface area contributed by atoms with Crippen molar-refractivity contribution in [1.29, 1.82) is 0 Å². The van der Waals surface area contributed by atoms with Gasteiger partial charge in [-0.2, -0.15) is 0 Å². The van der Waals surface area contributed by atoms with Crippen molar-refractivity contribution in [2.24, 2.45) is 0 Å². The number of hydrogen-bond donors (Lipinski definition) is 0. The Bertz CT molecular complexity index is 165. The predicted molar refractivity (Wildman–Crippen MR) is 37.0 cm³/mol. The van der Waals surface area contributed by atoms with E-state index in [9.17, 15) is 0 Å².